The number of fused-ring (bicyclic) bond motifs is 1. The highest BCUT2D eigenvalue weighted by atomic mass is 32.1. The van der Waals surface area contributed by atoms with Crippen molar-refractivity contribution in [2.45, 2.75) is 63.6 Å². The average Bonchev–Trinajstić information content (AvgIpc) is 2.83. The van der Waals surface area contributed by atoms with E-state index >= 15 is 0 Å². The molecule has 0 radical (unpaired) electrons. The van der Waals surface area contributed by atoms with Crippen LogP contribution in [0.3, 0.4) is 0 Å². The Balaban J connectivity index is 1.34. The number of thiazole rings is 1. The van der Waals surface area contributed by atoms with E-state index in [0.717, 1.165) is 37.2 Å². The van der Waals surface area contributed by atoms with Gasteiger partial charge in [-0.25, -0.2) is 4.98 Å². The summed E-state index contributed by atoms with van der Waals surface area (Å²) in [5.74, 6) is 0.516. The van der Waals surface area contributed by atoms with Gasteiger partial charge in [0.05, 0.1) is 5.69 Å². The maximum Gasteiger partial charge on any atom is 0.273 e. The van der Waals surface area contributed by atoms with E-state index in [9.17, 15) is 0 Å². The van der Waals surface area contributed by atoms with Crippen LogP contribution in [0.4, 0.5) is 0 Å². The van der Waals surface area contributed by atoms with Gasteiger partial charge in [0.2, 0.25) is 0 Å². The molecule has 4 nitrogen and oxygen atoms in total. The molecule has 116 valence electrons. The maximum atomic E-state index is 6.19. The second-order valence-corrected chi connectivity index (χ2v) is 7.80. The first kappa shape index (κ1) is 14.0. The molecule has 5 heteroatoms. The van der Waals surface area contributed by atoms with Crippen molar-refractivity contribution in [1.29, 1.82) is 0 Å². The summed E-state index contributed by atoms with van der Waals surface area (Å²) in [5.41, 5.74) is 1.26. The molecule has 0 bridgehead atoms. The zero-order chi connectivity index (χ0) is 14.2. The highest BCUT2D eigenvalue weighted by molar-refractivity contribution is 7.13. The van der Waals surface area contributed by atoms with E-state index in [2.05, 4.69) is 17.1 Å². The van der Waals surface area contributed by atoms with E-state index < -0.39 is 0 Å². The zero-order valence-electron chi connectivity index (χ0n) is 12.8. The molecule has 1 saturated heterocycles. The third kappa shape index (κ3) is 2.83. The van der Waals surface area contributed by atoms with E-state index in [0.29, 0.717) is 12.0 Å². The molecule has 2 aliphatic heterocycles. The lowest BCUT2D eigenvalue weighted by Gasteiger charge is -2.41. The van der Waals surface area contributed by atoms with Crippen LogP contribution in [0.25, 0.3) is 0 Å². The van der Waals surface area contributed by atoms with Crippen LogP contribution in [0.2, 0.25) is 0 Å². The molecule has 1 aromatic heterocycles. The van der Waals surface area contributed by atoms with E-state index in [1.807, 2.05) is 0 Å². The van der Waals surface area contributed by atoms with E-state index in [4.69, 9.17) is 9.72 Å². The zero-order valence-corrected chi connectivity index (χ0v) is 13.6. The van der Waals surface area contributed by atoms with Gasteiger partial charge in [-0.2, -0.15) is 0 Å². The lowest BCUT2D eigenvalue weighted by atomic mass is 9.90. The predicted molar refractivity (Wildman–Crippen MR) is 85.1 cm³/mol. The summed E-state index contributed by atoms with van der Waals surface area (Å²) in [5, 5.41) is 4.35. The third-order valence-electron chi connectivity index (χ3n) is 5.25. The van der Waals surface area contributed by atoms with Gasteiger partial charge in [-0.3, -0.25) is 0 Å². The summed E-state index contributed by atoms with van der Waals surface area (Å²) in [4.78, 5) is 8.79. The Morgan fingerprint density at radius 2 is 2.05 bits per heavy atom. The molecule has 0 amide bonds. The SMILES string of the molecule is CC1CNCc2sc(OC3CCN(C4CCC4)CC3)nc21. The second-order valence-electron chi connectivity index (χ2n) is 6.76. The highest BCUT2D eigenvalue weighted by Crippen LogP contribution is 2.34. The van der Waals surface area contributed by atoms with Gasteiger partial charge < -0.3 is 15.0 Å². The first-order chi connectivity index (χ1) is 10.3. The number of nitrogens with zero attached hydrogens (tertiary/aromatic N) is 2. The van der Waals surface area contributed by atoms with Crippen molar-refractivity contribution in [1.82, 2.24) is 15.2 Å². The van der Waals surface area contributed by atoms with E-state index in [1.165, 1.54) is 42.9 Å². The van der Waals surface area contributed by atoms with E-state index in [1.54, 1.807) is 11.3 Å². The molecule has 1 saturated carbocycles. The Bertz CT molecular complexity index is 492. The Hall–Kier alpha value is -0.650. The van der Waals surface area contributed by atoms with Gasteiger partial charge in [0.25, 0.3) is 5.19 Å². The van der Waals surface area contributed by atoms with Crippen LogP contribution in [0.15, 0.2) is 0 Å². The Morgan fingerprint density at radius 1 is 1.24 bits per heavy atom. The number of nitrogens with one attached hydrogen (secondary N) is 1. The number of aromatic nitrogens is 1. The van der Waals surface area contributed by atoms with Gasteiger partial charge in [-0.05, 0) is 25.7 Å². The summed E-state index contributed by atoms with van der Waals surface area (Å²) < 4.78 is 6.19. The van der Waals surface area contributed by atoms with Crippen LogP contribution in [-0.2, 0) is 6.54 Å². The summed E-state index contributed by atoms with van der Waals surface area (Å²) in [6.07, 6.45) is 6.95. The molecular weight excluding hydrogens is 282 g/mol. The second kappa shape index (κ2) is 5.86. The van der Waals surface area contributed by atoms with Crippen molar-refractivity contribution >= 4 is 11.3 Å². The van der Waals surface area contributed by atoms with Crippen LogP contribution >= 0.6 is 11.3 Å². The smallest absolute Gasteiger partial charge is 0.273 e. The molecule has 1 aliphatic carbocycles. The minimum absolute atomic E-state index is 0.372. The molecule has 1 atom stereocenters. The lowest BCUT2D eigenvalue weighted by molar-refractivity contribution is 0.0491. The monoisotopic (exact) mass is 307 g/mol. The van der Waals surface area contributed by atoms with Crippen LogP contribution in [0.5, 0.6) is 5.19 Å². The first-order valence-corrected chi connectivity index (χ1v) is 9.22. The molecule has 3 aliphatic rings. The Morgan fingerprint density at radius 3 is 2.71 bits per heavy atom. The summed E-state index contributed by atoms with van der Waals surface area (Å²) in [7, 11) is 0. The fourth-order valence-electron chi connectivity index (χ4n) is 3.66. The minimum Gasteiger partial charge on any atom is -0.467 e. The van der Waals surface area contributed by atoms with Gasteiger partial charge in [0, 0.05) is 43.0 Å². The number of hydrogen-bond acceptors (Lipinski definition) is 5. The average molecular weight is 307 g/mol. The molecule has 2 fully saturated rings. The van der Waals surface area contributed by atoms with Crippen molar-refractivity contribution in [2.75, 3.05) is 19.6 Å². The molecule has 21 heavy (non-hydrogen) atoms. The molecule has 1 aromatic rings. The third-order valence-corrected chi connectivity index (χ3v) is 6.21. The molecule has 0 aromatic carbocycles. The molecule has 3 heterocycles. The number of hydrogen-bond donors (Lipinski definition) is 1. The van der Waals surface area contributed by atoms with Gasteiger partial charge in [0.1, 0.15) is 6.10 Å². The molecule has 1 N–H and O–H groups in total. The van der Waals surface area contributed by atoms with Crippen molar-refractivity contribution in [3.8, 4) is 5.19 Å². The molecule has 1 unspecified atom stereocenters. The lowest BCUT2D eigenvalue weighted by Crippen LogP contribution is -2.46. The molecule has 4 rings (SSSR count). The van der Waals surface area contributed by atoms with Crippen molar-refractivity contribution in [2.24, 2.45) is 0 Å². The van der Waals surface area contributed by atoms with Crippen molar-refractivity contribution < 1.29 is 4.74 Å². The van der Waals surface area contributed by atoms with Gasteiger partial charge in [0.15, 0.2) is 0 Å². The molecule has 0 spiro atoms. The Labute approximate surface area is 130 Å². The van der Waals surface area contributed by atoms with Gasteiger partial charge >= 0.3 is 0 Å². The van der Waals surface area contributed by atoms with Crippen LogP contribution in [0, 0.1) is 0 Å². The number of likely N-dealkylation sites (tertiary alicyclic amines) is 1. The van der Waals surface area contributed by atoms with Crippen molar-refractivity contribution in [3.05, 3.63) is 10.6 Å². The van der Waals surface area contributed by atoms with E-state index in [-0.39, 0.29) is 0 Å². The predicted octanol–water partition coefficient (Wildman–Crippen LogP) is 2.75. The Kier molecular flexibility index (Phi) is 3.90. The first-order valence-electron chi connectivity index (χ1n) is 8.40. The van der Waals surface area contributed by atoms with Crippen LogP contribution in [0.1, 0.15) is 55.5 Å². The van der Waals surface area contributed by atoms with Crippen molar-refractivity contribution in [3.63, 3.8) is 0 Å². The number of piperidine rings is 1. The normalized spacial score (nSPS) is 28.1. The summed E-state index contributed by atoms with van der Waals surface area (Å²) in [6, 6.07) is 0.880. The molecular formula is C16H25N3OS. The van der Waals surface area contributed by atoms with Crippen LogP contribution in [-0.4, -0.2) is 41.7 Å². The summed E-state index contributed by atoms with van der Waals surface area (Å²) in [6.45, 7) is 6.65. The number of rotatable bonds is 3. The standard InChI is InChI=1S/C16H25N3OS/c1-11-9-17-10-14-15(11)18-16(21-14)20-13-5-7-19(8-6-13)12-3-2-4-12/h11-13,17H,2-10H2,1H3. The maximum absolute atomic E-state index is 6.19. The van der Waals surface area contributed by atoms with Gasteiger partial charge in [-0.1, -0.05) is 24.7 Å². The van der Waals surface area contributed by atoms with Gasteiger partial charge in [-0.15, -0.1) is 0 Å². The summed E-state index contributed by atoms with van der Waals surface area (Å²) >= 11 is 1.75. The fraction of sp³-hybridized carbons (Fsp3) is 0.812. The highest BCUT2D eigenvalue weighted by Gasteiger charge is 2.30. The minimum atomic E-state index is 0.372. The largest absolute Gasteiger partial charge is 0.467 e. The fourth-order valence-corrected chi connectivity index (χ4v) is 4.72. The van der Waals surface area contributed by atoms with Crippen LogP contribution < -0.4 is 10.1 Å². The number of ether oxygens (including phenoxy) is 1. The topological polar surface area (TPSA) is 37.4 Å². The quantitative estimate of drug-likeness (QED) is 0.932.